The van der Waals surface area contributed by atoms with Crippen LogP contribution in [0.4, 0.5) is 0 Å². The van der Waals surface area contributed by atoms with Crippen LogP contribution in [-0.4, -0.2) is 55.4 Å². The predicted molar refractivity (Wildman–Crippen MR) is 118 cm³/mol. The van der Waals surface area contributed by atoms with Crippen molar-refractivity contribution in [2.75, 3.05) is 20.3 Å². The van der Waals surface area contributed by atoms with Crippen LogP contribution >= 0.6 is 0 Å². The summed E-state index contributed by atoms with van der Waals surface area (Å²) in [7, 11) is 1.49. The van der Waals surface area contributed by atoms with E-state index in [0.717, 1.165) is 11.1 Å². The first kappa shape index (κ1) is 26.7. The van der Waals surface area contributed by atoms with E-state index in [2.05, 4.69) is 0 Å². The number of hydrogen-bond acceptors (Lipinski definition) is 10. The van der Waals surface area contributed by atoms with E-state index in [9.17, 15) is 24.3 Å². The van der Waals surface area contributed by atoms with Gasteiger partial charge in [0.25, 0.3) is 0 Å². The van der Waals surface area contributed by atoms with Crippen LogP contribution in [0.25, 0.3) is 0 Å². The predicted octanol–water partition coefficient (Wildman–Crippen LogP) is 2.69. The molecule has 0 radical (unpaired) electrons. The SMILES string of the molecule is COc1c(C)c2c(c(O)c1C/C=C(\C)CCC(=O)OC(COC(C)=O)COC(C)=O)C(=O)OC2. The zero-order chi connectivity index (χ0) is 25.4. The number of ether oxygens (including phenoxy) is 5. The fourth-order valence-electron chi connectivity index (χ4n) is 3.49. The van der Waals surface area contributed by atoms with Gasteiger partial charge in [-0.1, -0.05) is 11.6 Å². The first-order valence-electron chi connectivity index (χ1n) is 10.7. The molecule has 0 aliphatic carbocycles. The molecule has 1 N–H and O–H groups in total. The zero-order valence-corrected chi connectivity index (χ0v) is 20.0. The van der Waals surface area contributed by atoms with E-state index >= 15 is 0 Å². The molecule has 0 amide bonds. The molecule has 0 spiro atoms. The summed E-state index contributed by atoms with van der Waals surface area (Å²) < 4.78 is 25.5. The summed E-state index contributed by atoms with van der Waals surface area (Å²) in [6.07, 6.45) is 1.60. The molecule has 0 saturated carbocycles. The van der Waals surface area contributed by atoms with E-state index in [1.807, 2.05) is 13.0 Å². The van der Waals surface area contributed by atoms with Crippen LogP contribution in [0.1, 0.15) is 60.7 Å². The van der Waals surface area contributed by atoms with Gasteiger partial charge in [-0.2, -0.15) is 0 Å². The summed E-state index contributed by atoms with van der Waals surface area (Å²) in [4.78, 5) is 46.3. The minimum Gasteiger partial charge on any atom is -0.507 e. The van der Waals surface area contributed by atoms with Crippen LogP contribution in [0.3, 0.4) is 0 Å². The number of carbonyl (C=O) groups is 4. The molecule has 0 bridgehead atoms. The number of fused-ring (bicyclic) bond motifs is 1. The number of carbonyl (C=O) groups excluding carboxylic acids is 4. The molecule has 10 heteroatoms. The van der Waals surface area contributed by atoms with E-state index in [4.69, 9.17) is 23.7 Å². The highest BCUT2D eigenvalue weighted by Gasteiger charge is 2.31. The molecule has 0 saturated heterocycles. The Morgan fingerprint density at radius 3 is 2.26 bits per heavy atom. The Morgan fingerprint density at radius 1 is 1.09 bits per heavy atom. The van der Waals surface area contributed by atoms with E-state index in [-0.39, 0.29) is 44.0 Å². The van der Waals surface area contributed by atoms with Gasteiger partial charge in [-0.3, -0.25) is 14.4 Å². The molecule has 2 rings (SSSR count). The Hall–Kier alpha value is -3.56. The molecular weight excluding hydrogens is 448 g/mol. The van der Waals surface area contributed by atoms with Crippen LogP contribution in [0.2, 0.25) is 0 Å². The summed E-state index contributed by atoms with van der Waals surface area (Å²) in [6.45, 7) is 5.72. The Morgan fingerprint density at radius 2 is 1.71 bits per heavy atom. The van der Waals surface area contributed by atoms with Gasteiger partial charge in [0.1, 0.15) is 36.9 Å². The fourth-order valence-corrected chi connectivity index (χ4v) is 3.49. The van der Waals surface area contributed by atoms with Gasteiger partial charge < -0.3 is 28.8 Å². The molecule has 0 fully saturated rings. The molecule has 1 heterocycles. The second kappa shape index (κ2) is 12.1. The third-order valence-electron chi connectivity index (χ3n) is 5.27. The number of allylic oxidation sites excluding steroid dienone is 2. The van der Waals surface area contributed by atoms with Crippen molar-refractivity contribution >= 4 is 23.9 Å². The highest BCUT2D eigenvalue weighted by Crippen LogP contribution is 2.42. The lowest BCUT2D eigenvalue weighted by Gasteiger charge is -2.17. The van der Waals surface area contributed by atoms with Crippen molar-refractivity contribution in [3.63, 3.8) is 0 Å². The first-order valence-corrected chi connectivity index (χ1v) is 10.7. The van der Waals surface area contributed by atoms with Gasteiger partial charge in [-0.05, 0) is 32.3 Å². The molecule has 0 aromatic heterocycles. The highest BCUT2D eigenvalue weighted by atomic mass is 16.6. The second-order valence-electron chi connectivity index (χ2n) is 7.89. The normalized spacial score (nSPS) is 12.8. The monoisotopic (exact) mass is 478 g/mol. The lowest BCUT2D eigenvalue weighted by molar-refractivity contribution is -0.165. The van der Waals surface area contributed by atoms with Crippen molar-refractivity contribution < 1.29 is 48.0 Å². The average molecular weight is 478 g/mol. The molecule has 34 heavy (non-hydrogen) atoms. The van der Waals surface area contributed by atoms with Gasteiger partial charge >= 0.3 is 23.9 Å². The Kier molecular flexibility index (Phi) is 9.47. The van der Waals surface area contributed by atoms with Gasteiger partial charge in [0.2, 0.25) is 0 Å². The first-order chi connectivity index (χ1) is 16.0. The number of benzene rings is 1. The molecule has 0 unspecified atom stereocenters. The molecule has 1 aliphatic heterocycles. The van der Waals surface area contributed by atoms with Crippen molar-refractivity contribution in [2.24, 2.45) is 0 Å². The van der Waals surface area contributed by atoms with Crippen molar-refractivity contribution in [1.29, 1.82) is 0 Å². The van der Waals surface area contributed by atoms with Crippen LogP contribution in [0, 0.1) is 6.92 Å². The van der Waals surface area contributed by atoms with E-state index < -0.39 is 30.0 Å². The third-order valence-corrected chi connectivity index (χ3v) is 5.27. The highest BCUT2D eigenvalue weighted by molar-refractivity contribution is 5.98. The Labute approximate surface area is 197 Å². The largest absolute Gasteiger partial charge is 0.507 e. The molecule has 10 nitrogen and oxygen atoms in total. The third kappa shape index (κ3) is 6.97. The van der Waals surface area contributed by atoms with Crippen LogP contribution in [0.5, 0.6) is 11.5 Å². The van der Waals surface area contributed by atoms with Gasteiger partial charge in [0.05, 0.1) is 7.11 Å². The molecule has 0 atom stereocenters. The van der Waals surface area contributed by atoms with Gasteiger partial charge in [-0.25, -0.2) is 4.79 Å². The Bertz CT molecular complexity index is 974. The van der Waals surface area contributed by atoms with Crippen molar-refractivity contribution in [1.82, 2.24) is 0 Å². The second-order valence-corrected chi connectivity index (χ2v) is 7.89. The molecule has 1 aromatic rings. The van der Waals surface area contributed by atoms with Crippen molar-refractivity contribution in [3.05, 3.63) is 33.9 Å². The van der Waals surface area contributed by atoms with Crippen LogP contribution in [0.15, 0.2) is 11.6 Å². The number of rotatable bonds is 11. The number of cyclic esters (lactones) is 1. The van der Waals surface area contributed by atoms with Crippen LogP contribution in [-0.2, 0) is 46.4 Å². The number of esters is 4. The number of aromatic hydroxyl groups is 1. The fraction of sp³-hybridized carbons (Fsp3) is 0.500. The van der Waals surface area contributed by atoms with E-state index in [0.29, 0.717) is 23.3 Å². The average Bonchev–Trinajstić information content (AvgIpc) is 3.17. The quantitative estimate of drug-likeness (QED) is 0.287. The Balaban J connectivity index is 2.01. The minimum absolute atomic E-state index is 0.0393. The summed E-state index contributed by atoms with van der Waals surface area (Å²) >= 11 is 0. The molecular formula is C24H30O10. The lowest BCUT2D eigenvalue weighted by Crippen LogP contribution is -2.30. The number of phenolic OH excluding ortho intramolecular Hbond substituents is 1. The summed E-state index contributed by atoms with van der Waals surface area (Å²) in [5.41, 5.74) is 2.81. The zero-order valence-electron chi connectivity index (χ0n) is 20.0. The number of phenols is 1. The standard InChI is InChI=1S/C24H30O10/c1-13(7-9-20(27)34-17(10-31-15(3)25)11-32-16(4)26)6-8-18-22(28)21-19(12-33-24(21)29)14(2)23(18)30-5/h6,17,28H,7-12H2,1-5H3/b13-6+. The maximum absolute atomic E-state index is 12.2. The molecule has 1 aromatic carbocycles. The lowest BCUT2D eigenvalue weighted by atomic mass is 9.94. The van der Waals surface area contributed by atoms with Crippen molar-refractivity contribution in [3.8, 4) is 11.5 Å². The van der Waals surface area contributed by atoms with Crippen LogP contribution < -0.4 is 4.74 Å². The summed E-state index contributed by atoms with van der Waals surface area (Å²) in [5, 5.41) is 10.7. The minimum atomic E-state index is -0.903. The smallest absolute Gasteiger partial charge is 0.342 e. The van der Waals surface area contributed by atoms with E-state index in [1.54, 1.807) is 6.92 Å². The topological polar surface area (TPSA) is 135 Å². The van der Waals surface area contributed by atoms with Gasteiger partial charge in [0, 0.05) is 31.4 Å². The maximum atomic E-state index is 12.2. The number of hydrogen-bond donors (Lipinski definition) is 1. The summed E-state index contributed by atoms with van der Waals surface area (Å²) in [6, 6.07) is 0. The molecule has 1 aliphatic rings. The van der Waals surface area contributed by atoms with E-state index in [1.165, 1.54) is 21.0 Å². The van der Waals surface area contributed by atoms with Crippen molar-refractivity contribution in [2.45, 2.75) is 59.7 Å². The number of methoxy groups -OCH3 is 1. The summed E-state index contributed by atoms with van der Waals surface area (Å²) in [5.74, 6) is -1.89. The van der Waals surface area contributed by atoms with Gasteiger partial charge in [0.15, 0.2) is 6.10 Å². The molecule has 186 valence electrons. The van der Waals surface area contributed by atoms with Gasteiger partial charge in [-0.15, -0.1) is 0 Å². The maximum Gasteiger partial charge on any atom is 0.342 e.